The first kappa shape index (κ1) is 13.9. The summed E-state index contributed by atoms with van der Waals surface area (Å²) in [4.78, 5) is 12.4. The number of carbonyl (C=O) groups is 1. The Morgan fingerprint density at radius 2 is 2.16 bits per heavy atom. The number of rotatable bonds is 6. The molecule has 1 aliphatic carbocycles. The van der Waals surface area contributed by atoms with E-state index in [9.17, 15) is 9.90 Å². The molecule has 0 radical (unpaired) electrons. The molecule has 1 atom stereocenters. The Morgan fingerprint density at radius 3 is 2.68 bits per heavy atom. The van der Waals surface area contributed by atoms with E-state index >= 15 is 0 Å². The van der Waals surface area contributed by atoms with Gasteiger partial charge in [0.15, 0.2) is 0 Å². The van der Waals surface area contributed by atoms with Crippen LogP contribution in [-0.2, 0) is 10.2 Å². The van der Waals surface area contributed by atoms with Crippen molar-refractivity contribution < 1.29 is 14.6 Å². The van der Waals surface area contributed by atoms with Crippen LogP contribution in [0.5, 0.6) is 5.75 Å². The van der Waals surface area contributed by atoms with Crippen molar-refractivity contribution in [2.45, 2.75) is 37.6 Å². The van der Waals surface area contributed by atoms with Gasteiger partial charge in [-0.1, -0.05) is 25.1 Å². The molecule has 4 nitrogen and oxygen atoms in total. The molecule has 4 heteroatoms. The molecule has 19 heavy (non-hydrogen) atoms. The highest BCUT2D eigenvalue weighted by Crippen LogP contribution is 2.51. The average Bonchev–Trinajstić information content (AvgIpc) is 3.26. The molecule has 1 aliphatic rings. The number of methoxy groups -OCH3 is 1. The zero-order valence-electron chi connectivity index (χ0n) is 11.5. The van der Waals surface area contributed by atoms with Crippen molar-refractivity contribution in [3.05, 3.63) is 29.8 Å². The maximum Gasteiger partial charge on any atom is 0.231 e. The summed E-state index contributed by atoms with van der Waals surface area (Å²) in [6, 6.07) is 7.49. The normalized spacial score (nSPS) is 17.6. The fourth-order valence-electron chi connectivity index (χ4n) is 2.38. The van der Waals surface area contributed by atoms with Crippen LogP contribution in [0.2, 0.25) is 0 Å². The number of carbonyl (C=O) groups excluding carboxylic acids is 1. The van der Waals surface area contributed by atoms with E-state index in [1.165, 1.54) is 0 Å². The molecule has 0 spiro atoms. The van der Waals surface area contributed by atoms with Gasteiger partial charge in [0.1, 0.15) is 5.75 Å². The molecular formula is C15H21NO3. The van der Waals surface area contributed by atoms with E-state index in [1.54, 1.807) is 7.11 Å². The lowest BCUT2D eigenvalue weighted by atomic mass is 9.93. The Hall–Kier alpha value is -1.55. The zero-order chi connectivity index (χ0) is 13.9. The van der Waals surface area contributed by atoms with E-state index in [4.69, 9.17) is 4.74 Å². The van der Waals surface area contributed by atoms with Crippen molar-refractivity contribution in [2.75, 3.05) is 13.7 Å². The molecule has 2 N–H and O–H groups in total. The maximum atomic E-state index is 12.4. The minimum absolute atomic E-state index is 0.00194. The van der Waals surface area contributed by atoms with Gasteiger partial charge in [-0.2, -0.15) is 0 Å². The second-order valence-corrected chi connectivity index (χ2v) is 5.04. The number of hydrogen-bond donors (Lipinski definition) is 2. The summed E-state index contributed by atoms with van der Waals surface area (Å²) in [5.74, 6) is 0.755. The molecule has 1 aromatic rings. The lowest BCUT2D eigenvalue weighted by Gasteiger charge is -2.21. The second kappa shape index (κ2) is 5.61. The minimum Gasteiger partial charge on any atom is -0.496 e. The smallest absolute Gasteiger partial charge is 0.231 e. The Kier molecular flexibility index (Phi) is 4.10. The number of aliphatic hydroxyl groups excluding tert-OH is 1. The third kappa shape index (κ3) is 2.59. The van der Waals surface area contributed by atoms with Gasteiger partial charge >= 0.3 is 0 Å². The number of hydrogen-bond acceptors (Lipinski definition) is 3. The second-order valence-electron chi connectivity index (χ2n) is 5.04. The lowest BCUT2D eigenvalue weighted by Crippen LogP contribution is -2.43. The predicted molar refractivity (Wildman–Crippen MR) is 73.2 cm³/mol. The van der Waals surface area contributed by atoms with Crippen molar-refractivity contribution in [3.8, 4) is 5.75 Å². The van der Waals surface area contributed by atoms with Crippen LogP contribution in [0, 0.1) is 0 Å². The van der Waals surface area contributed by atoms with Gasteiger partial charge < -0.3 is 15.2 Å². The number of amides is 1. The van der Waals surface area contributed by atoms with Crippen molar-refractivity contribution in [1.82, 2.24) is 5.32 Å². The molecule has 2 rings (SSSR count). The summed E-state index contributed by atoms with van der Waals surface area (Å²) < 4.78 is 5.35. The summed E-state index contributed by atoms with van der Waals surface area (Å²) in [6.45, 7) is 1.92. The van der Waals surface area contributed by atoms with Crippen LogP contribution in [0.3, 0.4) is 0 Å². The van der Waals surface area contributed by atoms with Gasteiger partial charge in [0.05, 0.1) is 25.2 Å². The number of aliphatic hydroxyl groups is 1. The Balaban J connectivity index is 2.21. The summed E-state index contributed by atoms with van der Waals surface area (Å²) in [6.07, 6.45) is 2.40. The zero-order valence-corrected chi connectivity index (χ0v) is 11.5. The molecule has 0 bridgehead atoms. The third-order valence-electron chi connectivity index (χ3n) is 3.86. The highest BCUT2D eigenvalue weighted by Gasteiger charge is 2.53. The topological polar surface area (TPSA) is 58.6 Å². The van der Waals surface area contributed by atoms with E-state index in [-0.39, 0.29) is 18.6 Å². The van der Waals surface area contributed by atoms with E-state index in [2.05, 4.69) is 5.32 Å². The number of para-hydroxylation sites is 1. The summed E-state index contributed by atoms with van der Waals surface area (Å²) >= 11 is 0. The Morgan fingerprint density at radius 1 is 1.47 bits per heavy atom. The lowest BCUT2D eigenvalue weighted by molar-refractivity contribution is -0.124. The fourth-order valence-corrected chi connectivity index (χ4v) is 2.38. The van der Waals surface area contributed by atoms with E-state index in [1.807, 2.05) is 31.2 Å². The molecule has 0 aliphatic heterocycles. The summed E-state index contributed by atoms with van der Waals surface area (Å²) in [7, 11) is 1.62. The molecule has 1 amide bonds. The summed E-state index contributed by atoms with van der Waals surface area (Å²) in [5.41, 5.74) is 0.484. The standard InChI is InChI=1S/C15H21NO3/c1-3-11(10-17)16-14(18)15(8-9-15)12-6-4-5-7-13(12)19-2/h4-7,11,17H,3,8-10H2,1-2H3,(H,16,18). The van der Waals surface area contributed by atoms with Gasteiger partial charge in [-0.05, 0) is 25.3 Å². The first-order valence-electron chi connectivity index (χ1n) is 6.73. The van der Waals surface area contributed by atoms with Gasteiger partial charge in [-0.3, -0.25) is 4.79 Å². The number of benzene rings is 1. The molecule has 0 heterocycles. The SMILES string of the molecule is CCC(CO)NC(=O)C1(c2ccccc2OC)CC1. The quantitative estimate of drug-likeness (QED) is 0.820. The first-order valence-corrected chi connectivity index (χ1v) is 6.73. The Bertz CT molecular complexity index is 450. The van der Waals surface area contributed by atoms with Crippen LogP contribution in [-0.4, -0.2) is 30.8 Å². The molecule has 1 saturated carbocycles. The molecule has 1 fully saturated rings. The van der Waals surface area contributed by atoms with Gasteiger partial charge in [0.25, 0.3) is 0 Å². The molecule has 0 saturated heterocycles. The Labute approximate surface area is 113 Å². The van der Waals surface area contributed by atoms with Crippen LogP contribution < -0.4 is 10.1 Å². The number of ether oxygens (including phenoxy) is 1. The molecule has 1 unspecified atom stereocenters. The third-order valence-corrected chi connectivity index (χ3v) is 3.86. The highest BCUT2D eigenvalue weighted by molar-refractivity contribution is 5.92. The van der Waals surface area contributed by atoms with Crippen molar-refractivity contribution in [3.63, 3.8) is 0 Å². The van der Waals surface area contributed by atoms with Crippen LogP contribution in [0.15, 0.2) is 24.3 Å². The van der Waals surface area contributed by atoms with E-state index < -0.39 is 5.41 Å². The largest absolute Gasteiger partial charge is 0.496 e. The van der Waals surface area contributed by atoms with Crippen molar-refractivity contribution in [2.24, 2.45) is 0 Å². The first-order chi connectivity index (χ1) is 9.17. The van der Waals surface area contributed by atoms with Crippen LogP contribution in [0.1, 0.15) is 31.7 Å². The summed E-state index contributed by atoms with van der Waals surface area (Å²) in [5, 5.41) is 12.1. The predicted octanol–water partition coefficient (Wildman–Crippen LogP) is 1.61. The van der Waals surface area contributed by atoms with Crippen molar-refractivity contribution in [1.29, 1.82) is 0 Å². The van der Waals surface area contributed by atoms with Crippen LogP contribution in [0.4, 0.5) is 0 Å². The van der Waals surface area contributed by atoms with Crippen LogP contribution in [0.25, 0.3) is 0 Å². The van der Waals surface area contributed by atoms with Gasteiger partial charge in [0.2, 0.25) is 5.91 Å². The molecule has 1 aromatic carbocycles. The molecule has 104 valence electrons. The van der Waals surface area contributed by atoms with Gasteiger partial charge in [0, 0.05) is 5.56 Å². The molecule has 0 aromatic heterocycles. The fraction of sp³-hybridized carbons (Fsp3) is 0.533. The maximum absolute atomic E-state index is 12.4. The van der Waals surface area contributed by atoms with Gasteiger partial charge in [-0.15, -0.1) is 0 Å². The average molecular weight is 263 g/mol. The monoisotopic (exact) mass is 263 g/mol. The van der Waals surface area contributed by atoms with Crippen molar-refractivity contribution >= 4 is 5.91 Å². The number of nitrogens with one attached hydrogen (secondary N) is 1. The molecular weight excluding hydrogens is 242 g/mol. The van der Waals surface area contributed by atoms with Gasteiger partial charge in [-0.25, -0.2) is 0 Å². The minimum atomic E-state index is -0.463. The van der Waals surface area contributed by atoms with Crippen LogP contribution >= 0.6 is 0 Å². The van der Waals surface area contributed by atoms with E-state index in [0.717, 1.165) is 30.6 Å². The van der Waals surface area contributed by atoms with E-state index in [0.29, 0.717) is 0 Å². The highest BCUT2D eigenvalue weighted by atomic mass is 16.5.